The van der Waals surface area contributed by atoms with Gasteiger partial charge in [-0.3, -0.25) is 4.98 Å². The Balaban J connectivity index is 1.49. The average molecular weight is 419 g/mol. The van der Waals surface area contributed by atoms with Gasteiger partial charge in [-0.1, -0.05) is 6.07 Å². The number of hydrogen-bond acceptors (Lipinski definition) is 6. The summed E-state index contributed by atoms with van der Waals surface area (Å²) in [5.74, 6) is 0.424. The Morgan fingerprint density at radius 2 is 2.03 bits per heavy atom. The summed E-state index contributed by atoms with van der Waals surface area (Å²) in [6.07, 6.45) is 6.04. The molecule has 0 radical (unpaired) electrons. The van der Waals surface area contributed by atoms with Crippen LogP contribution in [0.5, 0.6) is 6.01 Å². The van der Waals surface area contributed by atoms with Gasteiger partial charge >= 0.3 is 6.01 Å². The third kappa shape index (κ3) is 4.34. The van der Waals surface area contributed by atoms with E-state index in [9.17, 15) is 4.39 Å². The van der Waals surface area contributed by atoms with Gasteiger partial charge in [-0.25, -0.2) is 4.39 Å². The number of anilines is 1. The first-order valence-electron chi connectivity index (χ1n) is 10.3. The summed E-state index contributed by atoms with van der Waals surface area (Å²) in [5, 5.41) is 0.898. The quantitative estimate of drug-likeness (QED) is 0.515. The fourth-order valence-corrected chi connectivity index (χ4v) is 3.72. The number of benzene rings is 1. The third-order valence-corrected chi connectivity index (χ3v) is 5.28. The van der Waals surface area contributed by atoms with Crippen molar-refractivity contribution in [3.05, 3.63) is 66.4 Å². The summed E-state index contributed by atoms with van der Waals surface area (Å²) in [4.78, 5) is 18.6. The van der Waals surface area contributed by atoms with Gasteiger partial charge in [-0.15, -0.1) is 0 Å². The minimum absolute atomic E-state index is 0.274. The number of morpholine rings is 1. The summed E-state index contributed by atoms with van der Waals surface area (Å²) < 4.78 is 25.7. The maximum Gasteiger partial charge on any atom is 0.318 e. The van der Waals surface area contributed by atoms with E-state index in [1.165, 1.54) is 12.1 Å². The van der Waals surface area contributed by atoms with E-state index in [1.54, 1.807) is 12.4 Å². The van der Waals surface area contributed by atoms with Crippen LogP contribution in [0, 0.1) is 5.82 Å². The second kappa shape index (κ2) is 8.69. The Hall–Kier alpha value is -3.52. The number of nitrogens with zero attached hydrogens (tertiary/aromatic N) is 4. The molecule has 158 valence electrons. The number of hydrogen-bond donors (Lipinski definition) is 1. The van der Waals surface area contributed by atoms with E-state index in [0.29, 0.717) is 37.5 Å². The lowest BCUT2D eigenvalue weighted by Gasteiger charge is -2.28. The Labute approximate surface area is 178 Å². The van der Waals surface area contributed by atoms with E-state index in [-0.39, 0.29) is 11.8 Å². The molecule has 7 nitrogen and oxygen atoms in total. The molecule has 8 heteroatoms. The summed E-state index contributed by atoms with van der Waals surface area (Å²) in [6.45, 7) is 3.15. The van der Waals surface area contributed by atoms with Gasteiger partial charge in [0.05, 0.1) is 25.5 Å². The highest BCUT2D eigenvalue weighted by atomic mass is 19.1. The average Bonchev–Trinajstić information content (AvgIpc) is 3.28. The van der Waals surface area contributed by atoms with Gasteiger partial charge in [0.15, 0.2) is 0 Å². The molecule has 0 spiro atoms. The lowest BCUT2D eigenvalue weighted by molar-refractivity contribution is 0.122. The van der Waals surface area contributed by atoms with Crippen LogP contribution in [0.25, 0.3) is 22.2 Å². The molecule has 5 rings (SSSR count). The van der Waals surface area contributed by atoms with Crippen molar-refractivity contribution in [1.29, 1.82) is 0 Å². The lowest BCUT2D eigenvalue weighted by Crippen LogP contribution is -2.36. The predicted octanol–water partition coefficient (Wildman–Crippen LogP) is 3.62. The maximum atomic E-state index is 14.3. The van der Waals surface area contributed by atoms with Crippen LogP contribution >= 0.6 is 0 Å². The van der Waals surface area contributed by atoms with Crippen LogP contribution < -0.4 is 9.64 Å². The third-order valence-electron chi connectivity index (χ3n) is 5.28. The van der Waals surface area contributed by atoms with Crippen molar-refractivity contribution < 1.29 is 13.9 Å². The van der Waals surface area contributed by atoms with E-state index >= 15 is 0 Å². The van der Waals surface area contributed by atoms with Gasteiger partial charge in [-0.2, -0.15) is 9.97 Å². The smallest absolute Gasteiger partial charge is 0.318 e. The Bertz CT molecular complexity index is 1180. The Morgan fingerprint density at radius 1 is 1.13 bits per heavy atom. The highest BCUT2D eigenvalue weighted by Crippen LogP contribution is 2.31. The number of fused-ring (bicyclic) bond motifs is 1. The monoisotopic (exact) mass is 419 g/mol. The van der Waals surface area contributed by atoms with Crippen LogP contribution in [0.2, 0.25) is 0 Å². The molecule has 1 aliphatic heterocycles. The van der Waals surface area contributed by atoms with Crippen LogP contribution in [0.4, 0.5) is 10.2 Å². The van der Waals surface area contributed by atoms with Crippen LogP contribution in [0.3, 0.4) is 0 Å². The predicted molar refractivity (Wildman–Crippen MR) is 116 cm³/mol. The first-order valence-corrected chi connectivity index (χ1v) is 10.3. The van der Waals surface area contributed by atoms with Gasteiger partial charge in [0.2, 0.25) is 0 Å². The van der Waals surface area contributed by atoms with Crippen LogP contribution in [0.1, 0.15) is 5.56 Å². The molecule has 1 aliphatic rings. The number of H-pyrrole nitrogens is 1. The fourth-order valence-electron chi connectivity index (χ4n) is 3.72. The second-order valence-corrected chi connectivity index (χ2v) is 7.35. The SMILES string of the molecule is Fc1cc(-c2cc(N3CCOCC3)nc(OCCc3cccnc3)n2)c2cc[nH]c2c1. The number of pyridine rings is 1. The van der Waals surface area contributed by atoms with E-state index in [0.717, 1.165) is 35.4 Å². The summed E-state index contributed by atoms with van der Waals surface area (Å²) in [6, 6.07) is 11.0. The molecule has 0 unspecified atom stereocenters. The number of rotatable bonds is 6. The molecule has 0 amide bonds. The minimum Gasteiger partial charge on any atom is -0.463 e. The molecule has 31 heavy (non-hydrogen) atoms. The highest BCUT2D eigenvalue weighted by molar-refractivity contribution is 5.94. The molecule has 0 atom stereocenters. The minimum atomic E-state index is -0.324. The van der Waals surface area contributed by atoms with Crippen molar-refractivity contribution in [1.82, 2.24) is 19.9 Å². The van der Waals surface area contributed by atoms with Gasteiger partial charge in [0.1, 0.15) is 11.6 Å². The molecular weight excluding hydrogens is 397 g/mol. The zero-order valence-electron chi connectivity index (χ0n) is 16.9. The summed E-state index contributed by atoms with van der Waals surface area (Å²) in [7, 11) is 0. The number of halogens is 1. The van der Waals surface area contributed by atoms with E-state index in [2.05, 4.69) is 24.8 Å². The molecule has 1 fully saturated rings. The topological polar surface area (TPSA) is 76.2 Å². The van der Waals surface area contributed by atoms with Gasteiger partial charge < -0.3 is 19.4 Å². The van der Waals surface area contributed by atoms with Crippen molar-refractivity contribution in [2.45, 2.75) is 6.42 Å². The van der Waals surface area contributed by atoms with E-state index in [1.807, 2.05) is 30.5 Å². The number of aromatic nitrogens is 4. The zero-order valence-corrected chi connectivity index (χ0v) is 16.9. The molecule has 3 aromatic heterocycles. The second-order valence-electron chi connectivity index (χ2n) is 7.35. The van der Waals surface area contributed by atoms with Crippen LogP contribution in [-0.2, 0) is 11.2 Å². The standard InChI is InChI=1S/C23H22FN5O2/c24-17-12-19(18-3-6-26-20(18)13-17)21-14-22(29-7-10-30-11-8-29)28-23(27-21)31-9-4-16-2-1-5-25-15-16/h1-3,5-6,12-15,26H,4,7-11H2. The highest BCUT2D eigenvalue weighted by Gasteiger charge is 2.18. The number of ether oxygens (including phenoxy) is 2. The molecule has 0 aliphatic carbocycles. The Morgan fingerprint density at radius 3 is 2.87 bits per heavy atom. The van der Waals surface area contributed by atoms with Crippen molar-refractivity contribution in [2.24, 2.45) is 0 Å². The van der Waals surface area contributed by atoms with Gasteiger partial charge in [-0.05, 0) is 29.8 Å². The number of nitrogens with one attached hydrogen (secondary N) is 1. The number of aromatic amines is 1. The maximum absolute atomic E-state index is 14.3. The van der Waals surface area contributed by atoms with Crippen LogP contribution in [0.15, 0.2) is 55.0 Å². The Kier molecular flexibility index (Phi) is 5.45. The van der Waals surface area contributed by atoms with Gasteiger partial charge in [0.25, 0.3) is 0 Å². The van der Waals surface area contributed by atoms with Crippen molar-refractivity contribution in [2.75, 3.05) is 37.8 Å². The van der Waals surface area contributed by atoms with Crippen molar-refractivity contribution >= 4 is 16.7 Å². The lowest BCUT2D eigenvalue weighted by atomic mass is 10.1. The molecule has 1 N–H and O–H groups in total. The molecular formula is C23H22FN5O2. The zero-order chi connectivity index (χ0) is 21.0. The first-order chi connectivity index (χ1) is 15.3. The molecule has 1 aromatic carbocycles. The molecule has 0 bridgehead atoms. The molecule has 1 saturated heterocycles. The largest absolute Gasteiger partial charge is 0.463 e. The van der Waals surface area contributed by atoms with E-state index < -0.39 is 0 Å². The summed E-state index contributed by atoms with van der Waals surface area (Å²) in [5.41, 5.74) is 3.12. The molecule has 0 saturated carbocycles. The molecule has 4 heterocycles. The van der Waals surface area contributed by atoms with Gasteiger partial charge in [0, 0.05) is 60.6 Å². The van der Waals surface area contributed by atoms with Crippen LogP contribution in [-0.4, -0.2) is 52.8 Å². The molecule has 4 aromatic rings. The first kappa shape index (κ1) is 19.4. The normalized spacial score (nSPS) is 14.2. The fraction of sp³-hybridized carbons (Fsp3) is 0.261. The summed E-state index contributed by atoms with van der Waals surface area (Å²) >= 11 is 0. The van der Waals surface area contributed by atoms with Crippen molar-refractivity contribution in [3.63, 3.8) is 0 Å². The van der Waals surface area contributed by atoms with Crippen molar-refractivity contribution in [3.8, 4) is 17.3 Å². The van der Waals surface area contributed by atoms with E-state index in [4.69, 9.17) is 9.47 Å².